The van der Waals surface area contributed by atoms with Crippen molar-refractivity contribution in [3.8, 4) is 0 Å². The van der Waals surface area contributed by atoms with Crippen LogP contribution in [-0.4, -0.2) is 36.5 Å². The third kappa shape index (κ3) is 4.93. The Morgan fingerprint density at radius 3 is 2.10 bits per heavy atom. The maximum atomic E-state index is 13.4. The predicted octanol–water partition coefficient (Wildman–Crippen LogP) is 3.58. The fourth-order valence-corrected chi connectivity index (χ4v) is 7.19. The van der Waals surface area contributed by atoms with Crippen LogP contribution in [0, 0.1) is 35.0 Å². The minimum atomic E-state index is -0.707. The van der Waals surface area contributed by atoms with E-state index in [4.69, 9.17) is 4.74 Å². The molecule has 4 bridgehead atoms. The Bertz CT molecular complexity index is 668. The highest BCUT2D eigenvalue weighted by atomic mass is 16.5. The molecule has 2 N–H and O–H groups in total. The Hall–Kier alpha value is -1.59. The van der Waals surface area contributed by atoms with Crippen molar-refractivity contribution in [1.29, 1.82) is 0 Å². The molecule has 0 unspecified atom stereocenters. The van der Waals surface area contributed by atoms with Crippen molar-refractivity contribution in [2.24, 2.45) is 35.0 Å². The molecule has 5 fully saturated rings. The first-order chi connectivity index (χ1) is 14.8. The van der Waals surface area contributed by atoms with Gasteiger partial charge in [0.1, 0.15) is 6.04 Å². The zero-order valence-corrected chi connectivity index (χ0v) is 19.5. The van der Waals surface area contributed by atoms with Gasteiger partial charge in [-0.1, -0.05) is 33.6 Å². The quantitative estimate of drug-likeness (QED) is 0.602. The number of hydrogen-bond donors (Lipinski definition) is 2. The molecule has 5 aliphatic carbocycles. The number of hydrogen-bond acceptors (Lipinski definition) is 4. The van der Waals surface area contributed by atoms with Gasteiger partial charge in [0, 0.05) is 11.5 Å². The summed E-state index contributed by atoms with van der Waals surface area (Å²) in [7, 11) is 0. The predicted molar refractivity (Wildman–Crippen MR) is 118 cm³/mol. The monoisotopic (exact) mass is 432 g/mol. The van der Waals surface area contributed by atoms with Gasteiger partial charge in [-0.25, -0.2) is 4.79 Å². The molecule has 3 atom stereocenters. The molecular weight excluding hydrogens is 392 g/mol. The highest BCUT2D eigenvalue weighted by molar-refractivity contribution is 5.89. The molecule has 5 aliphatic rings. The lowest BCUT2D eigenvalue weighted by Crippen LogP contribution is -2.57. The standard InChI is InChI=1S/C25H40N2O4/c1-15(2)22(23(29)31-14-21(28)26-20-7-5-4-6-16(20)3)27-24(30)25-11-17-8-18(12-25)10-19(9-17)13-25/h15-20,22H,4-14H2,1-3H3,(H,26,28)(H,27,30)/t16-,17?,18?,19?,20-,22+,25?/m0/s1. The molecule has 0 saturated heterocycles. The fourth-order valence-electron chi connectivity index (χ4n) is 7.19. The average molecular weight is 433 g/mol. The second-order valence-corrected chi connectivity index (χ2v) is 11.4. The SMILES string of the molecule is CC(C)[C@@H](NC(=O)C12CC3CC(CC(C3)C1)C2)C(=O)OCC(=O)N[C@H]1CCCC[C@@H]1C. The molecule has 174 valence electrons. The molecule has 6 nitrogen and oxygen atoms in total. The lowest BCUT2D eigenvalue weighted by molar-refractivity contribution is -0.157. The Kier molecular flexibility index (Phi) is 6.64. The van der Waals surface area contributed by atoms with Gasteiger partial charge in [0.05, 0.1) is 0 Å². The Labute approximate surface area is 186 Å². The number of esters is 1. The molecule has 5 saturated carbocycles. The normalized spacial score (nSPS) is 37.4. The molecule has 0 aromatic carbocycles. The Morgan fingerprint density at radius 1 is 0.968 bits per heavy atom. The van der Waals surface area contributed by atoms with Crippen molar-refractivity contribution in [3.05, 3.63) is 0 Å². The van der Waals surface area contributed by atoms with Gasteiger partial charge in [0.2, 0.25) is 5.91 Å². The molecular formula is C25H40N2O4. The molecule has 0 aromatic heterocycles. The largest absolute Gasteiger partial charge is 0.454 e. The van der Waals surface area contributed by atoms with Crippen LogP contribution in [0.1, 0.15) is 85.0 Å². The first-order valence-electron chi connectivity index (χ1n) is 12.5. The van der Waals surface area contributed by atoms with E-state index in [0.29, 0.717) is 23.7 Å². The lowest BCUT2D eigenvalue weighted by atomic mass is 9.49. The lowest BCUT2D eigenvalue weighted by Gasteiger charge is -2.55. The first-order valence-corrected chi connectivity index (χ1v) is 12.5. The van der Waals surface area contributed by atoms with E-state index in [0.717, 1.165) is 38.5 Å². The summed E-state index contributed by atoms with van der Waals surface area (Å²) in [6.07, 6.45) is 11.2. The van der Waals surface area contributed by atoms with Crippen molar-refractivity contribution in [3.63, 3.8) is 0 Å². The first kappa shape index (κ1) is 22.6. The van der Waals surface area contributed by atoms with Crippen LogP contribution in [0.2, 0.25) is 0 Å². The van der Waals surface area contributed by atoms with Gasteiger partial charge in [0.15, 0.2) is 6.61 Å². The van der Waals surface area contributed by atoms with E-state index in [1.807, 2.05) is 13.8 Å². The van der Waals surface area contributed by atoms with E-state index in [1.54, 1.807) is 0 Å². The van der Waals surface area contributed by atoms with Crippen LogP contribution < -0.4 is 10.6 Å². The van der Waals surface area contributed by atoms with Crippen molar-refractivity contribution in [2.75, 3.05) is 6.61 Å². The van der Waals surface area contributed by atoms with Crippen LogP contribution in [0.3, 0.4) is 0 Å². The summed E-state index contributed by atoms with van der Waals surface area (Å²) < 4.78 is 5.36. The number of carbonyl (C=O) groups is 3. The van der Waals surface area contributed by atoms with Gasteiger partial charge in [-0.2, -0.15) is 0 Å². The summed E-state index contributed by atoms with van der Waals surface area (Å²) >= 11 is 0. The van der Waals surface area contributed by atoms with E-state index in [9.17, 15) is 14.4 Å². The minimum Gasteiger partial charge on any atom is -0.454 e. The maximum absolute atomic E-state index is 13.4. The number of carbonyl (C=O) groups excluding carboxylic acids is 3. The van der Waals surface area contributed by atoms with Gasteiger partial charge in [-0.15, -0.1) is 0 Å². The van der Waals surface area contributed by atoms with Crippen LogP contribution in [0.4, 0.5) is 0 Å². The summed E-state index contributed by atoms with van der Waals surface area (Å²) in [5, 5.41) is 6.06. The smallest absolute Gasteiger partial charge is 0.329 e. The highest BCUT2D eigenvalue weighted by Crippen LogP contribution is 2.60. The molecule has 5 rings (SSSR count). The Morgan fingerprint density at radius 2 is 1.55 bits per heavy atom. The highest BCUT2D eigenvalue weighted by Gasteiger charge is 2.55. The second-order valence-electron chi connectivity index (χ2n) is 11.4. The molecule has 0 spiro atoms. The van der Waals surface area contributed by atoms with Gasteiger partial charge >= 0.3 is 5.97 Å². The average Bonchev–Trinajstić information content (AvgIpc) is 2.70. The van der Waals surface area contributed by atoms with Gasteiger partial charge in [-0.05, 0) is 81.0 Å². The molecule has 31 heavy (non-hydrogen) atoms. The van der Waals surface area contributed by atoms with Gasteiger partial charge < -0.3 is 15.4 Å². The number of rotatable bonds is 7. The third-order valence-corrected chi connectivity index (χ3v) is 8.53. The molecule has 6 heteroatoms. The zero-order valence-electron chi connectivity index (χ0n) is 19.5. The summed E-state index contributed by atoms with van der Waals surface area (Å²) in [6, 6.07) is -0.543. The molecule has 0 aliphatic heterocycles. The van der Waals surface area contributed by atoms with E-state index >= 15 is 0 Å². The van der Waals surface area contributed by atoms with Crippen LogP contribution in [0.5, 0.6) is 0 Å². The summed E-state index contributed by atoms with van der Waals surface area (Å²) in [5.74, 6) is 1.67. The van der Waals surface area contributed by atoms with Crippen LogP contribution in [0.15, 0.2) is 0 Å². The van der Waals surface area contributed by atoms with Crippen LogP contribution >= 0.6 is 0 Å². The number of amides is 2. The van der Waals surface area contributed by atoms with Crippen LogP contribution in [-0.2, 0) is 19.1 Å². The van der Waals surface area contributed by atoms with E-state index in [-0.39, 0.29) is 35.8 Å². The van der Waals surface area contributed by atoms with Crippen LogP contribution in [0.25, 0.3) is 0 Å². The van der Waals surface area contributed by atoms with E-state index in [1.165, 1.54) is 25.7 Å². The zero-order chi connectivity index (χ0) is 22.2. The molecule has 0 heterocycles. The fraction of sp³-hybridized carbons (Fsp3) is 0.880. The topological polar surface area (TPSA) is 84.5 Å². The van der Waals surface area contributed by atoms with E-state index in [2.05, 4.69) is 17.6 Å². The third-order valence-electron chi connectivity index (χ3n) is 8.53. The van der Waals surface area contributed by atoms with Crippen molar-refractivity contribution in [2.45, 2.75) is 97.1 Å². The Balaban J connectivity index is 1.30. The molecule has 0 radical (unpaired) electrons. The maximum Gasteiger partial charge on any atom is 0.329 e. The van der Waals surface area contributed by atoms with Gasteiger partial charge in [-0.3, -0.25) is 9.59 Å². The summed E-state index contributed by atoms with van der Waals surface area (Å²) in [5.41, 5.74) is -0.295. The minimum absolute atomic E-state index is 0.0303. The van der Waals surface area contributed by atoms with Crippen molar-refractivity contribution < 1.29 is 19.1 Å². The second kappa shape index (κ2) is 9.11. The number of nitrogens with one attached hydrogen (secondary N) is 2. The summed E-state index contributed by atoms with van der Waals surface area (Å²) in [4.78, 5) is 38.5. The van der Waals surface area contributed by atoms with E-state index < -0.39 is 12.0 Å². The van der Waals surface area contributed by atoms with Crippen molar-refractivity contribution in [1.82, 2.24) is 10.6 Å². The van der Waals surface area contributed by atoms with Gasteiger partial charge in [0.25, 0.3) is 5.91 Å². The number of ether oxygens (including phenoxy) is 1. The molecule has 0 aromatic rings. The molecule has 2 amide bonds. The summed E-state index contributed by atoms with van der Waals surface area (Å²) in [6.45, 7) is 5.70. The van der Waals surface area contributed by atoms with Crippen molar-refractivity contribution >= 4 is 17.8 Å².